The monoisotopic (exact) mass is 198 g/mol. The van der Waals surface area contributed by atoms with Crippen molar-refractivity contribution >= 4 is 5.97 Å². The van der Waals surface area contributed by atoms with E-state index in [2.05, 4.69) is 0 Å². The Balaban J connectivity index is 2.59. The fourth-order valence-electron chi connectivity index (χ4n) is 1.48. The highest BCUT2D eigenvalue weighted by Gasteiger charge is 2.28. The zero-order valence-corrected chi connectivity index (χ0v) is 7.03. The Hall–Kier alpha value is -1.62. The molecule has 5 heteroatoms. The molecule has 2 rings (SSSR count). The fourth-order valence-corrected chi connectivity index (χ4v) is 1.48. The highest BCUT2D eigenvalue weighted by molar-refractivity contribution is 5.90. The summed E-state index contributed by atoms with van der Waals surface area (Å²) in [4.78, 5) is 10.7. The van der Waals surface area contributed by atoms with Crippen LogP contribution >= 0.6 is 0 Å². The fraction of sp³-hybridized carbons (Fsp3) is 0.222. The molecule has 0 amide bonds. The number of aromatic carboxylic acids is 1. The van der Waals surface area contributed by atoms with Crippen LogP contribution < -0.4 is 4.74 Å². The number of hydrogen-bond donors (Lipinski definition) is 2. The number of ether oxygens (including phenoxy) is 1. The summed E-state index contributed by atoms with van der Waals surface area (Å²) in [6, 6.07) is 2.18. The molecule has 14 heavy (non-hydrogen) atoms. The average Bonchev–Trinajstić information content (AvgIpc) is 2.47. The van der Waals surface area contributed by atoms with Gasteiger partial charge in [-0.15, -0.1) is 0 Å². The molecule has 1 aromatic carbocycles. The van der Waals surface area contributed by atoms with Crippen molar-refractivity contribution in [2.45, 2.75) is 12.7 Å². The lowest BCUT2D eigenvalue weighted by molar-refractivity contribution is -0.0000166. The first-order valence-corrected chi connectivity index (χ1v) is 3.99. The van der Waals surface area contributed by atoms with Crippen LogP contribution in [0.3, 0.4) is 0 Å². The van der Waals surface area contributed by atoms with Gasteiger partial charge >= 0.3 is 5.97 Å². The van der Waals surface area contributed by atoms with Gasteiger partial charge in [0, 0.05) is 12.0 Å². The minimum Gasteiger partial charge on any atom is -0.478 e. The molecule has 1 atom stereocenters. The third kappa shape index (κ3) is 1.22. The highest BCUT2D eigenvalue weighted by atomic mass is 19.1. The number of fused-ring (bicyclic) bond motifs is 1. The predicted octanol–water partition coefficient (Wildman–Crippen LogP) is 0.777. The van der Waals surface area contributed by atoms with Gasteiger partial charge in [0.15, 0.2) is 11.6 Å². The number of carboxylic acids is 1. The number of carboxylic acid groups (broad SMARTS) is 1. The number of aliphatic hydroxyl groups excluding tert-OH is 1. The molecule has 1 aromatic rings. The number of hydrogen-bond acceptors (Lipinski definition) is 3. The van der Waals surface area contributed by atoms with Crippen molar-refractivity contribution in [3.8, 4) is 5.75 Å². The van der Waals surface area contributed by atoms with E-state index in [1.807, 2.05) is 0 Å². The molecule has 0 fully saturated rings. The first-order valence-electron chi connectivity index (χ1n) is 3.99. The van der Waals surface area contributed by atoms with E-state index in [4.69, 9.17) is 14.9 Å². The Morgan fingerprint density at radius 1 is 1.57 bits per heavy atom. The number of rotatable bonds is 1. The summed E-state index contributed by atoms with van der Waals surface area (Å²) in [6.07, 6.45) is -1.14. The van der Waals surface area contributed by atoms with E-state index in [0.717, 1.165) is 12.1 Å². The maximum absolute atomic E-state index is 13.1. The second-order valence-corrected chi connectivity index (χ2v) is 2.98. The lowest BCUT2D eigenvalue weighted by Gasteiger charge is -2.03. The van der Waals surface area contributed by atoms with Crippen LogP contribution in [0.4, 0.5) is 4.39 Å². The smallest absolute Gasteiger partial charge is 0.336 e. The molecule has 1 aliphatic heterocycles. The summed E-state index contributed by atoms with van der Waals surface area (Å²) in [5.74, 6) is -1.96. The Labute approximate surface area is 78.5 Å². The third-order valence-corrected chi connectivity index (χ3v) is 2.08. The second-order valence-electron chi connectivity index (χ2n) is 2.98. The summed E-state index contributed by atoms with van der Waals surface area (Å²) in [7, 11) is 0. The van der Waals surface area contributed by atoms with Gasteiger partial charge in [-0.25, -0.2) is 9.18 Å². The normalized spacial score (nSPS) is 18.9. The molecule has 1 aliphatic rings. The molecule has 4 nitrogen and oxygen atoms in total. The zero-order chi connectivity index (χ0) is 10.3. The molecule has 0 saturated heterocycles. The van der Waals surface area contributed by atoms with Crippen molar-refractivity contribution in [3.05, 3.63) is 29.1 Å². The minimum absolute atomic E-state index is 0.00866. The van der Waals surface area contributed by atoms with Crippen LogP contribution in [-0.4, -0.2) is 22.5 Å². The van der Waals surface area contributed by atoms with Crippen molar-refractivity contribution < 1.29 is 24.1 Å². The average molecular weight is 198 g/mol. The van der Waals surface area contributed by atoms with Gasteiger partial charge in [0.1, 0.15) is 0 Å². The van der Waals surface area contributed by atoms with Crippen LogP contribution in [0.15, 0.2) is 12.1 Å². The molecule has 0 aromatic heterocycles. The lowest BCUT2D eigenvalue weighted by atomic mass is 10.0. The van der Waals surface area contributed by atoms with Gasteiger partial charge in [-0.3, -0.25) is 0 Å². The molecular weight excluding hydrogens is 191 g/mol. The van der Waals surface area contributed by atoms with Gasteiger partial charge in [0.25, 0.3) is 0 Å². The number of carbonyl (C=O) groups is 1. The van der Waals surface area contributed by atoms with E-state index < -0.39 is 18.1 Å². The molecule has 74 valence electrons. The van der Waals surface area contributed by atoms with Gasteiger partial charge in [-0.2, -0.15) is 0 Å². The Morgan fingerprint density at radius 2 is 2.29 bits per heavy atom. The van der Waals surface area contributed by atoms with Crippen molar-refractivity contribution in [2.24, 2.45) is 0 Å². The van der Waals surface area contributed by atoms with Crippen LogP contribution in [-0.2, 0) is 6.42 Å². The molecule has 0 radical (unpaired) electrons. The van der Waals surface area contributed by atoms with Crippen molar-refractivity contribution in [1.29, 1.82) is 0 Å². The highest BCUT2D eigenvalue weighted by Crippen LogP contribution is 2.33. The molecular formula is C9H7FO4. The molecule has 0 aliphatic carbocycles. The summed E-state index contributed by atoms with van der Waals surface area (Å²) in [5, 5.41) is 17.9. The van der Waals surface area contributed by atoms with Crippen LogP contribution in [0, 0.1) is 5.82 Å². The van der Waals surface area contributed by atoms with Crippen LogP contribution in [0.2, 0.25) is 0 Å². The Morgan fingerprint density at radius 3 is 2.93 bits per heavy atom. The summed E-state index contributed by atoms with van der Waals surface area (Å²) in [6.45, 7) is 0. The quantitative estimate of drug-likeness (QED) is 0.699. The Kier molecular flexibility index (Phi) is 1.89. The van der Waals surface area contributed by atoms with E-state index >= 15 is 0 Å². The number of benzene rings is 1. The maximum atomic E-state index is 13.1. The predicted molar refractivity (Wildman–Crippen MR) is 43.7 cm³/mol. The maximum Gasteiger partial charge on any atom is 0.336 e. The van der Waals surface area contributed by atoms with Crippen LogP contribution in [0.5, 0.6) is 5.75 Å². The molecule has 0 saturated carbocycles. The number of halogens is 1. The Bertz CT molecular complexity index is 402. The molecule has 0 spiro atoms. The van der Waals surface area contributed by atoms with E-state index in [9.17, 15) is 9.18 Å². The van der Waals surface area contributed by atoms with Gasteiger partial charge in [-0.1, -0.05) is 0 Å². The van der Waals surface area contributed by atoms with Gasteiger partial charge in [0.05, 0.1) is 5.56 Å². The summed E-state index contributed by atoms with van der Waals surface area (Å²) < 4.78 is 17.8. The first-order chi connectivity index (χ1) is 6.59. The van der Waals surface area contributed by atoms with E-state index in [1.165, 1.54) is 0 Å². The van der Waals surface area contributed by atoms with E-state index in [0.29, 0.717) is 0 Å². The summed E-state index contributed by atoms with van der Waals surface area (Å²) in [5.41, 5.74) is 0.183. The van der Waals surface area contributed by atoms with Crippen molar-refractivity contribution in [1.82, 2.24) is 0 Å². The van der Waals surface area contributed by atoms with Crippen molar-refractivity contribution in [2.75, 3.05) is 0 Å². The number of aliphatic hydroxyl groups is 1. The largest absolute Gasteiger partial charge is 0.478 e. The molecule has 1 heterocycles. The standard InChI is InChI=1S/C9H7FO4/c10-6-2-1-4(9(12)13)5-3-7(11)14-8(5)6/h1-2,7,11H,3H2,(H,12,13). The van der Waals surface area contributed by atoms with Crippen LogP contribution in [0.25, 0.3) is 0 Å². The van der Waals surface area contributed by atoms with Gasteiger partial charge < -0.3 is 14.9 Å². The van der Waals surface area contributed by atoms with Gasteiger partial charge in [0.2, 0.25) is 6.29 Å². The zero-order valence-electron chi connectivity index (χ0n) is 7.03. The molecule has 1 unspecified atom stereocenters. The second kappa shape index (κ2) is 2.95. The molecule has 0 bridgehead atoms. The van der Waals surface area contributed by atoms with Crippen molar-refractivity contribution in [3.63, 3.8) is 0 Å². The minimum atomic E-state index is -1.15. The van der Waals surface area contributed by atoms with E-state index in [1.54, 1.807) is 0 Å². The third-order valence-electron chi connectivity index (χ3n) is 2.08. The first kappa shape index (κ1) is 8.96. The van der Waals surface area contributed by atoms with E-state index in [-0.39, 0.29) is 23.3 Å². The van der Waals surface area contributed by atoms with Gasteiger partial charge in [-0.05, 0) is 12.1 Å². The topological polar surface area (TPSA) is 66.8 Å². The summed E-state index contributed by atoms with van der Waals surface area (Å²) >= 11 is 0. The SMILES string of the molecule is O=C(O)c1ccc(F)c2c1CC(O)O2. The lowest BCUT2D eigenvalue weighted by Crippen LogP contribution is -2.10. The van der Waals surface area contributed by atoms with Crippen LogP contribution in [0.1, 0.15) is 15.9 Å². The molecule has 2 N–H and O–H groups in total.